The minimum Gasteiger partial charge on any atom is -0.348 e. The Morgan fingerprint density at radius 3 is 2.50 bits per heavy atom. The molecule has 1 heterocycles. The smallest absolute Gasteiger partial charge is 0.258 e. The number of amides is 2. The molecule has 1 aliphatic rings. The van der Waals surface area contributed by atoms with Crippen LogP contribution in [0, 0.1) is 6.92 Å². The lowest BCUT2D eigenvalue weighted by Gasteiger charge is -2.19. The molecule has 4 nitrogen and oxygen atoms in total. The third-order valence-corrected chi connectivity index (χ3v) is 5.15. The van der Waals surface area contributed by atoms with E-state index in [0.717, 1.165) is 28.8 Å². The van der Waals surface area contributed by atoms with Gasteiger partial charge >= 0.3 is 0 Å². The number of fused-ring (bicyclic) bond motifs is 1. The van der Waals surface area contributed by atoms with Gasteiger partial charge in [0.1, 0.15) is 0 Å². The van der Waals surface area contributed by atoms with Crippen LogP contribution in [0.3, 0.4) is 0 Å². The first-order chi connectivity index (χ1) is 13.6. The van der Waals surface area contributed by atoms with E-state index in [4.69, 9.17) is 0 Å². The third-order valence-electron chi connectivity index (χ3n) is 5.15. The summed E-state index contributed by atoms with van der Waals surface area (Å²) in [5.41, 5.74) is 5.44. The number of carbonyl (C=O) groups excluding carboxylic acids is 2. The van der Waals surface area contributed by atoms with Crippen LogP contribution in [0.2, 0.25) is 0 Å². The molecule has 0 fully saturated rings. The first kappa shape index (κ1) is 18.0. The van der Waals surface area contributed by atoms with E-state index in [1.54, 1.807) is 12.1 Å². The lowest BCUT2D eigenvalue weighted by atomic mass is 10.1. The molecule has 4 heteroatoms. The predicted molar refractivity (Wildman–Crippen MR) is 111 cm³/mol. The molecule has 3 aromatic rings. The number of hydrogen-bond donors (Lipinski definition) is 1. The van der Waals surface area contributed by atoms with Gasteiger partial charge in [-0.1, -0.05) is 48.5 Å². The van der Waals surface area contributed by atoms with Gasteiger partial charge in [-0.2, -0.15) is 0 Å². The van der Waals surface area contributed by atoms with E-state index < -0.39 is 0 Å². The van der Waals surface area contributed by atoms with Gasteiger partial charge in [-0.25, -0.2) is 0 Å². The highest BCUT2D eigenvalue weighted by atomic mass is 16.2. The van der Waals surface area contributed by atoms with Crippen LogP contribution in [0.1, 0.15) is 37.4 Å². The molecule has 0 unspecified atom stereocenters. The molecule has 1 N–H and O–H groups in total. The molecular weight excluding hydrogens is 348 g/mol. The molecular formula is C24H22N2O2. The second-order valence-electron chi connectivity index (χ2n) is 7.03. The van der Waals surface area contributed by atoms with E-state index in [9.17, 15) is 9.59 Å². The van der Waals surface area contributed by atoms with Gasteiger partial charge in [-0.05, 0) is 54.3 Å². The number of nitrogens with one attached hydrogen (secondary N) is 1. The van der Waals surface area contributed by atoms with Crippen molar-refractivity contribution in [1.82, 2.24) is 5.32 Å². The van der Waals surface area contributed by atoms with Crippen LogP contribution >= 0.6 is 0 Å². The predicted octanol–water partition coefficient (Wildman–Crippen LogP) is 4.13. The van der Waals surface area contributed by atoms with Gasteiger partial charge in [0.2, 0.25) is 0 Å². The first-order valence-electron chi connectivity index (χ1n) is 9.46. The highest BCUT2D eigenvalue weighted by Crippen LogP contribution is 2.31. The maximum atomic E-state index is 13.0. The van der Waals surface area contributed by atoms with Gasteiger partial charge in [0.25, 0.3) is 11.8 Å². The molecule has 0 bridgehead atoms. The Hall–Kier alpha value is -3.40. The van der Waals surface area contributed by atoms with Gasteiger partial charge in [-0.3, -0.25) is 9.59 Å². The molecule has 4 rings (SSSR count). The summed E-state index contributed by atoms with van der Waals surface area (Å²) in [5, 5.41) is 2.95. The van der Waals surface area contributed by atoms with E-state index in [0.29, 0.717) is 18.7 Å². The van der Waals surface area contributed by atoms with Crippen LogP contribution in [-0.2, 0) is 13.0 Å². The minimum absolute atomic E-state index is 0.0299. The van der Waals surface area contributed by atoms with Crippen LogP contribution in [0.5, 0.6) is 0 Å². The number of hydrogen-bond acceptors (Lipinski definition) is 2. The fourth-order valence-electron chi connectivity index (χ4n) is 3.58. The van der Waals surface area contributed by atoms with Crippen LogP contribution < -0.4 is 10.2 Å². The molecule has 0 atom stereocenters. The van der Waals surface area contributed by atoms with Crippen molar-refractivity contribution in [2.24, 2.45) is 0 Å². The monoisotopic (exact) mass is 370 g/mol. The van der Waals surface area contributed by atoms with Gasteiger partial charge in [-0.15, -0.1) is 0 Å². The Bertz CT molecular complexity index is 1030. The SMILES string of the molecule is Cc1ccccc1C(=O)N1CCc2ccc(CNC(=O)c3ccccc3)cc21. The molecule has 140 valence electrons. The van der Waals surface area contributed by atoms with Crippen molar-refractivity contribution in [2.45, 2.75) is 19.9 Å². The quantitative estimate of drug-likeness (QED) is 0.751. The zero-order valence-electron chi connectivity index (χ0n) is 15.8. The maximum absolute atomic E-state index is 13.0. The average molecular weight is 370 g/mol. The van der Waals surface area contributed by atoms with Crippen molar-refractivity contribution in [2.75, 3.05) is 11.4 Å². The van der Waals surface area contributed by atoms with Crippen molar-refractivity contribution < 1.29 is 9.59 Å². The molecule has 3 aromatic carbocycles. The van der Waals surface area contributed by atoms with E-state index in [2.05, 4.69) is 11.4 Å². The standard InChI is InChI=1S/C24H22N2O2/c1-17-7-5-6-10-21(17)24(28)26-14-13-19-12-11-18(15-22(19)26)16-25-23(27)20-8-3-2-4-9-20/h2-12,15H,13-14,16H2,1H3,(H,25,27). The normalized spacial score (nSPS) is 12.5. The third kappa shape index (κ3) is 3.54. The lowest BCUT2D eigenvalue weighted by molar-refractivity contribution is 0.0949. The highest BCUT2D eigenvalue weighted by molar-refractivity contribution is 6.08. The van der Waals surface area contributed by atoms with Crippen molar-refractivity contribution in [3.05, 3.63) is 101 Å². The molecule has 28 heavy (non-hydrogen) atoms. The minimum atomic E-state index is -0.103. The van der Waals surface area contributed by atoms with E-state index in [1.165, 1.54) is 5.56 Å². The van der Waals surface area contributed by atoms with E-state index in [1.807, 2.05) is 66.4 Å². The Labute approximate surface area is 164 Å². The summed E-state index contributed by atoms with van der Waals surface area (Å²) < 4.78 is 0. The average Bonchev–Trinajstić information content (AvgIpc) is 3.16. The van der Waals surface area contributed by atoms with Crippen LogP contribution in [0.25, 0.3) is 0 Å². The van der Waals surface area contributed by atoms with Gasteiger partial charge < -0.3 is 10.2 Å². The number of aryl methyl sites for hydroxylation is 1. The highest BCUT2D eigenvalue weighted by Gasteiger charge is 2.26. The summed E-state index contributed by atoms with van der Waals surface area (Å²) in [5.74, 6) is -0.0729. The fraction of sp³-hybridized carbons (Fsp3) is 0.167. The Morgan fingerprint density at radius 2 is 1.71 bits per heavy atom. The number of carbonyl (C=O) groups is 2. The largest absolute Gasteiger partial charge is 0.348 e. The van der Waals surface area contributed by atoms with Crippen molar-refractivity contribution in [3.63, 3.8) is 0 Å². The molecule has 0 saturated heterocycles. The molecule has 1 aliphatic heterocycles. The molecule has 2 amide bonds. The van der Waals surface area contributed by atoms with Crippen LogP contribution in [0.4, 0.5) is 5.69 Å². The van der Waals surface area contributed by atoms with Crippen molar-refractivity contribution in [1.29, 1.82) is 0 Å². The van der Waals surface area contributed by atoms with Crippen molar-refractivity contribution >= 4 is 17.5 Å². The van der Waals surface area contributed by atoms with Gasteiger partial charge in [0.05, 0.1) is 0 Å². The zero-order chi connectivity index (χ0) is 19.5. The lowest BCUT2D eigenvalue weighted by Crippen LogP contribution is -2.29. The second-order valence-corrected chi connectivity index (χ2v) is 7.03. The number of nitrogens with zero attached hydrogens (tertiary/aromatic N) is 1. The summed E-state index contributed by atoms with van der Waals surface area (Å²) >= 11 is 0. The molecule has 0 aromatic heterocycles. The number of benzene rings is 3. The summed E-state index contributed by atoms with van der Waals surface area (Å²) in [6, 6.07) is 22.9. The zero-order valence-corrected chi connectivity index (χ0v) is 15.8. The first-order valence-corrected chi connectivity index (χ1v) is 9.46. The Morgan fingerprint density at radius 1 is 0.964 bits per heavy atom. The summed E-state index contributed by atoms with van der Waals surface area (Å²) in [6.07, 6.45) is 0.851. The maximum Gasteiger partial charge on any atom is 0.258 e. The molecule has 0 aliphatic carbocycles. The van der Waals surface area contributed by atoms with E-state index >= 15 is 0 Å². The van der Waals surface area contributed by atoms with Crippen molar-refractivity contribution in [3.8, 4) is 0 Å². The number of rotatable bonds is 4. The number of anilines is 1. The van der Waals surface area contributed by atoms with E-state index in [-0.39, 0.29) is 11.8 Å². The summed E-state index contributed by atoms with van der Waals surface area (Å²) in [6.45, 7) is 3.06. The fourth-order valence-corrected chi connectivity index (χ4v) is 3.58. The van der Waals surface area contributed by atoms with Crippen LogP contribution in [-0.4, -0.2) is 18.4 Å². The summed E-state index contributed by atoms with van der Waals surface area (Å²) in [4.78, 5) is 27.2. The summed E-state index contributed by atoms with van der Waals surface area (Å²) in [7, 11) is 0. The molecule has 0 radical (unpaired) electrons. The molecule has 0 saturated carbocycles. The van der Waals surface area contributed by atoms with Gasteiger partial charge in [0, 0.05) is 29.9 Å². The Kier molecular flexibility index (Phi) is 4.94. The topological polar surface area (TPSA) is 49.4 Å². The Balaban J connectivity index is 1.52. The van der Waals surface area contributed by atoms with Crippen LogP contribution in [0.15, 0.2) is 72.8 Å². The van der Waals surface area contributed by atoms with Gasteiger partial charge in [0.15, 0.2) is 0 Å². The molecule has 0 spiro atoms. The second kappa shape index (κ2) is 7.69.